The molecule has 0 spiro atoms. The second-order valence-electron chi connectivity index (χ2n) is 6.22. The quantitative estimate of drug-likeness (QED) is 0.738. The van der Waals surface area contributed by atoms with Crippen LogP contribution in [0, 0.1) is 0 Å². The predicted molar refractivity (Wildman–Crippen MR) is 102 cm³/mol. The van der Waals surface area contributed by atoms with E-state index in [1.54, 1.807) is 7.11 Å². The number of aromatic nitrogens is 1. The Kier molecular flexibility index (Phi) is 4.41. The first-order valence-corrected chi connectivity index (χ1v) is 9.31. The predicted octanol–water partition coefficient (Wildman–Crippen LogP) is 4.57. The minimum Gasteiger partial charge on any atom is -0.497 e. The number of methoxy groups -OCH3 is 1. The largest absolute Gasteiger partial charge is 0.497 e. The number of hydrogen-bond acceptors (Lipinski definition) is 3. The summed E-state index contributed by atoms with van der Waals surface area (Å²) < 4.78 is 5.38. The van der Waals surface area contributed by atoms with Crippen LogP contribution in [-0.4, -0.2) is 36.6 Å². The number of thiophene rings is 1. The molecule has 3 aromatic rings. The van der Waals surface area contributed by atoms with Gasteiger partial charge in [0, 0.05) is 47.2 Å². The molecule has 3 nitrogen and oxygen atoms in total. The van der Waals surface area contributed by atoms with Crippen molar-refractivity contribution in [1.82, 2.24) is 9.88 Å². The van der Waals surface area contributed by atoms with E-state index >= 15 is 0 Å². The lowest BCUT2D eigenvalue weighted by atomic mass is 9.98. The van der Waals surface area contributed by atoms with Gasteiger partial charge in [-0.3, -0.25) is 4.90 Å². The van der Waals surface area contributed by atoms with Gasteiger partial charge in [-0.2, -0.15) is 0 Å². The molecule has 1 aromatic carbocycles. The zero-order valence-electron chi connectivity index (χ0n) is 13.9. The van der Waals surface area contributed by atoms with Gasteiger partial charge in [-0.25, -0.2) is 0 Å². The highest BCUT2D eigenvalue weighted by Gasteiger charge is 2.16. The van der Waals surface area contributed by atoms with Gasteiger partial charge in [0.2, 0.25) is 0 Å². The van der Waals surface area contributed by atoms with E-state index in [1.165, 1.54) is 26.9 Å². The number of benzene rings is 1. The van der Waals surface area contributed by atoms with Crippen LogP contribution in [0.1, 0.15) is 16.9 Å². The molecule has 4 heteroatoms. The Hall–Kier alpha value is -2.04. The van der Waals surface area contributed by atoms with E-state index in [9.17, 15) is 0 Å². The van der Waals surface area contributed by atoms with Gasteiger partial charge in [0.15, 0.2) is 0 Å². The summed E-state index contributed by atoms with van der Waals surface area (Å²) in [4.78, 5) is 7.40. The zero-order valence-corrected chi connectivity index (χ0v) is 14.7. The topological polar surface area (TPSA) is 28.3 Å². The molecule has 0 amide bonds. The fourth-order valence-corrected chi connectivity index (χ4v) is 4.07. The van der Waals surface area contributed by atoms with Crippen LogP contribution in [0.3, 0.4) is 0 Å². The number of nitrogens with one attached hydrogen (secondary N) is 1. The van der Waals surface area contributed by atoms with Crippen LogP contribution < -0.4 is 4.74 Å². The van der Waals surface area contributed by atoms with Crippen LogP contribution in [0.5, 0.6) is 5.75 Å². The third-order valence-electron chi connectivity index (χ3n) is 4.78. The molecule has 2 aromatic heterocycles. The lowest BCUT2D eigenvalue weighted by Gasteiger charge is -2.26. The summed E-state index contributed by atoms with van der Waals surface area (Å²) in [7, 11) is 1.72. The Bertz CT molecular complexity index is 848. The molecule has 1 aliphatic rings. The van der Waals surface area contributed by atoms with Gasteiger partial charge in [-0.1, -0.05) is 12.1 Å². The summed E-state index contributed by atoms with van der Waals surface area (Å²) in [6, 6.07) is 10.6. The monoisotopic (exact) mass is 338 g/mol. The van der Waals surface area contributed by atoms with Crippen molar-refractivity contribution in [2.24, 2.45) is 0 Å². The maximum absolute atomic E-state index is 5.38. The molecule has 0 unspecified atom stereocenters. The zero-order chi connectivity index (χ0) is 16.4. The molecule has 0 saturated heterocycles. The molecule has 1 N–H and O–H groups in total. The van der Waals surface area contributed by atoms with Crippen molar-refractivity contribution >= 4 is 27.8 Å². The highest BCUT2D eigenvalue weighted by atomic mass is 32.1. The molecular formula is C20H22N2OS. The standard InChI is InChI=1S/C20H22N2OS/c1-23-16-4-5-20-18(13-16)19(14-21-20)15-6-9-22(10-7-15)11-8-17-3-2-12-24-17/h2-6,12-14,21H,7-11H2,1H3. The van der Waals surface area contributed by atoms with E-state index in [2.05, 4.69) is 51.8 Å². The van der Waals surface area contributed by atoms with E-state index in [-0.39, 0.29) is 0 Å². The molecule has 1 aliphatic heterocycles. The van der Waals surface area contributed by atoms with Gasteiger partial charge in [0.25, 0.3) is 0 Å². The minimum atomic E-state index is 0.914. The summed E-state index contributed by atoms with van der Waals surface area (Å²) in [6.45, 7) is 3.32. The van der Waals surface area contributed by atoms with Crippen molar-refractivity contribution in [3.63, 3.8) is 0 Å². The van der Waals surface area contributed by atoms with Crippen molar-refractivity contribution < 1.29 is 4.74 Å². The average molecular weight is 338 g/mol. The van der Waals surface area contributed by atoms with Crippen LogP contribution >= 0.6 is 11.3 Å². The summed E-state index contributed by atoms with van der Waals surface area (Å²) >= 11 is 1.86. The molecule has 0 fully saturated rings. The highest BCUT2D eigenvalue weighted by Crippen LogP contribution is 2.31. The molecule has 124 valence electrons. The van der Waals surface area contributed by atoms with Crippen molar-refractivity contribution in [2.75, 3.05) is 26.7 Å². The third kappa shape index (κ3) is 3.12. The normalized spacial score (nSPS) is 15.6. The first-order chi connectivity index (χ1) is 11.8. The molecular weight excluding hydrogens is 316 g/mol. The Morgan fingerprint density at radius 1 is 1.29 bits per heavy atom. The summed E-state index contributed by atoms with van der Waals surface area (Å²) in [5, 5.41) is 3.42. The molecule has 0 radical (unpaired) electrons. The third-order valence-corrected chi connectivity index (χ3v) is 5.72. The van der Waals surface area contributed by atoms with Crippen molar-refractivity contribution in [2.45, 2.75) is 12.8 Å². The van der Waals surface area contributed by atoms with Gasteiger partial charge in [0.1, 0.15) is 5.75 Å². The molecule has 24 heavy (non-hydrogen) atoms. The van der Waals surface area contributed by atoms with E-state index in [0.29, 0.717) is 0 Å². The molecule has 0 saturated carbocycles. The van der Waals surface area contributed by atoms with Crippen LogP contribution in [0.25, 0.3) is 16.5 Å². The first kappa shape index (κ1) is 15.5. The van der Waals surface area contributed by atoms with Gasteiger partial charge in [-0.05, 0) is 48.1 Å². The number of aromatic amines is 1. The lowest BCUT2D eigenvalue weighted by molar-refractivity contribution is 0.306. The van der Waals surface area contributed by atoms with Gasteiger partial charge >= 0.3 is 0 Å². The Balaban J connectivity index is 1.47. The average Bonchev–Trinajstić information content (AvgIpc) is 3.29. The van der Waals surface area contributed by atoms with Crippen LogP contribution in [0.15, 0.2) is 48.0 Å². The van der Waals surface area contributed by atoms with Crippen molar-refractivity contribution in [3.05, 3.63) is 58.4 Å². The Morgan fingerprint density at radius 2 is 2.25 bits per heavy atom. The number of rotatable bonds is 5. The number of ether oxygens (including phenoxy) is 1. The summed E-state index contributed by atoms with van der Waals surface area (Å²) in [6.07, 6.45) is 6.79. The molecule has 0 bridgehead atoms. The lowest BCUT2D eigenvalue weighted by Crippen LogP contribution is -2.30. The number of nitrogens with zero attached hydrogens (tertiary/aromatic N) is 1. The summed E-state index contributed by atoms with van der Waals surface area (Å²) in [5.41, 5.74) is 3.94. The van der Waals surface area contributed by atoms with Gasteiger partial charge in [-0.15, -0.1) is 11.3 Å². The van der Waals surface area contributed by atoms with Crippen molar-refractivity contribution in [3.8, 4) is 5.75 Å². The molecule has 0 atom stereocenters. The van der Waals surface area contributed by atoms with E-state index in [1.807, 2.05) is 17.4 Å². The minimum absolute atomic E-state index is 0.914. The van der Waals surface area contributed by atoms with E-state index in [4.69, 9.17) is 4.74 Å². The van der Waals surface area contributed by atoms with Gasteiger partial charge in [0.05, 0.1) is 7.11 Å². The Labute approximate surface area is 146 Å². The Morgan fingerprint density at radius 3 is 3.00 bits per heavy atom. The van der Waals surface area contributed by atoms with Gasteiger partial charge < -0.3 is 9.72 Å². The fourth-order valence-electron chi connectivity index (χ4n) is 3.37. The van der Waals surface area contributed by atoms with E-state index in [0.717, 1.165) is 38.2 Å². The summed E-state index contributed by atoms with van der Waals surface area (Å²) in [5.74, 6) is 0.914. The maximum atomic E-state index is 5.38. The number of fused-ring (bicyclic) bond motifs is 1. The van der Waals surface area contributed by atoms with E-state index < -0.39 is 0 Å². The first-order valence-electron chi connectivity index (χ1n) is 8.43. The molecule has 4 rings (SSSR count). The maximum Gasteiger partial charge on any atom is 0.119 e. The van der Waals surface area contributed by atoms with Crippen LogP contribution in [0.2, 0.25) is 0 Å². The van der Waals surface area contributed by atoms with Crippen LogP contribution in [0.4, 0.5) is 0 Å². The molecule has 0 aliphatic carbocycles. The highest BCUT2D eigenvalue weighted by molar-refractivity contribution is 7.09. The second kappa shape index (κ2) is 6.83. The number of hydrogen-bond donors (Lipinski definition) is 1. The number of H-pyrrole nitrogens is 1. The second-order valence-corrected chi connectivity index (χ2v) is 7.26. The fraction of sp³-hybridized carbons (Fsp3) is 0.300. The van der Waals surface area contributed by atoms with Crippen LogP contribution in [-0.2, 0) is 6.42 Å². The molecule has 3 heterocycles. The SMILES string of the molecule is COc1ccc2[nH]cc(C3=CCN(CCc4cccs4)CC3)c2c1. The van der Waals surface area contributed by atoms with Crippen molar-refractivity contribution in [1.29, 1.82) is 0 Å². The smallest absolute Gasteiger partial charge is 0.119 e.